The Hall–Kier alpha value is -2.08. The minimum atomic E-state index is -0.153. The minimum Gasteiger partial charge on any atom is -0.466 e. The predicted octanol–water partition coefficient (Wildman–Crippen LogP) is 3.35. The molecule has 0 bridgehead atoms. The lowest BCUT2D eigenvalue weighted by Gasteiger charge is -2.34. The Bertz CT molecular complexity index is 667. The van der Waals surface area contributed by atoms with Gasteiger partial charge in [-0.25, -0.2) is 0 Å². The number of piperidine rings is 1. The summed E-state index contributed by atoms with van der Waals surface area (Å²) >= 11 is 0. The molecule has 0 saturated carbocycles. The fraction of sp³-hybridized carbons (Fsp3) is 0.636. The molecule has 0 spiro atoms. The zero-order chi connectivity index (χ0) is 20.6. The highest BCUT2D eigenvalue weighted by Crippen LogP contribution is 2.18. The molecule has 1 aromatic carbocycles. The molecular formula is C22H35N3O3. The Labute approximate surface area is 169 Å². The molecule has 28 heavy (non-hydrogen) atoms. The lowest BCUT2D eigenvalue weighted by molar-refractivity contribution is -0.149. The molecule has 0 amide bonds. The summed E-state index contributed by atoms with van der Waals surface area (Å²) in [4.78, 5) is 18.6. The smallest absolute Gasteiger partial charge is 0.310 e. The Morgan fingerprint density at radius 1 is 1.32 bits per heavy atom. The number of hydrogen-bond acceptors (Lipinski definition) is 4. The van der Waals surface area contributed by atoms with Crippen molar-refractivity contribution in [3.05, 3.63) is 35.4 Å². The molecule has 1 heterocycles. The molecular weight excluding hydrogens is 354 g/mol. The van der Waals surface area contributed by atoms with Crippen molar-refractivity contribution in [2.75, 3.05) is 26.7 Å². The van der Waals surface area contributed by atoms with E-state index in [0.29, 0.717) is 26.3 Å². The van der Waals surface area contributed by atoms with Gasteiger partial charge >= 0.3 is 5.97 Å². The molecule has 1 unspecified atom stereocenters. The van der Waals surface area contributed by atoms with Crippen LogP contribution in [0, 0.1) is 5.92 Å². The summed E-state index contributed by atoms with van der Waals surface area (Å²) in [5.41, 5.74) is 2.18. The fourth-order valence-electron chi connectivity index (χ4n) is 3.26. The van der Waals surface area contributed by atoms with Gasteiger partial charge in [-0.15, -0.1) is 0 Å². The Balaban J connectivity index is 1.92. The maximum absolute atomic E-state index is 12.1. The van der Waals surface area contributed by atoms with E-state index in [1.807, 2.05) is 6.92 Å². The third-order valence-corrected chi connectivity index (χ3v) is 4.67. The standard InChI is InChI=1S/C22H35N3O3/c1-6-27-20(26)19-11-8-12-25(15-19)21(23-5)24-14-17-9-7-10-18(13-17)16-28-22(2,3)4/h7,9-10,13,19H,6,8,11-12,14-16H2,1-5H3,(H,23,24). The number of hydrogen-bond donors (Lipinski definition) is 1. The number of guanidine groups is 1. The quantitative estimate of drug-likeness (QED) is 0.459. The van der Waals surface area contributed by atoms with Crippen LogP contribution in [0.3, 0.4) is 0 Å². The van der Waals surface area contributed by atoms with Gasteiger partial charge in [-0.1, -0.05) is 24.3 Å². The number of benzene rings is 1. The average Bonchev–Trinajstić information content (AvgIpc) is 2.67. The normalized spacial score (nSPS) is 18.1. The van der Waals surface area contributed by atoms with Crippen LogP contribution in [0.5, 0.6) is 0 Å². The number of ether oxygens (including phenoxy) is 2. The summed E-state index contributed by atoms with van der Waals surface area (Å²) in [5, 5.41) is 3.43. The second-order valence-corrected chi connectivity index (χ2v) is 8.16. The van der Waals surface area contributed by atoms with Gasteiger partial charge in [-0.2, -0.15) is 0 Å². The summed E-state index contributed by atoms with van der Waals surface area (Å²) in [6.07, 6.45) is 1.84. The molecule has 1 saturated heterocycles. The van der Waals surface area contributed by atoms with Crippen LogP contribution in [-0.4, -0.2) is 49.2 Å². The molecule has 1 fully saturated rings. The molecule has 1 aromatic rings. The first kappa shape index (κ1) is 22.2. The molecule has 1 aliphatic rings. The van der Waals surface area contributed by atoms with E-state index in [0.717, 1.165) is 30.9 Å². The summed E-state index contributed by atoms with van der Waals surface area (Å²) < 4.78 is 11.1. The van der Waals surface area contributed by atoms with Crippen molar-refractivity contribution in [3.8, 4) is 0 Å². The second kappa shape index (κ2) is 10.5. The monoisotopic (exact) mass is 389 g/mol. The van der Waals surface area contributed by atoms with E-state index in [2.05, 4.69) is 60.2 Å². The molecule has 0 radical (unpaired) electrons. The first-order valence-electron chi connectivity index (χ1n) is 10.2. The number of carbonyl (C=O) groups is 1. The zero-order valence-corrected chi connectivity index (χ0v) is 18.0. The van der Waals surface area contributed by atoms with Crippen molar-refractivity contribution in [2.45, 2.75) is 59.3 Å². The summed E-state index contributed by atoms with van der Waals surface area (Å²) in [6, 6.07) is 8.39. The first-order chi connectivity index (χ1) is 13.3. The molecule has 6 nitrogen and oxygen atoms in total. The van der Waals surface area contributed by atoms with E-state index >= 15 is 0 Å². The SMILES string of the molecule is CCOC(=O)C1CCCN(C(=NC)NCc2cccc(COC(C)(C)C)c2)C1. The van der Waals surface area contributed by atoms with Gasteiger partial charge in [0.15, 0.2) is 5.96 Å². The maximum Gasteiger partial charge on any atom is 0.310 e. The average molecular weight is 390 g/mol. The minimum absolute atomic E-state index is 0.0786. The van der Waals surface area contributed by atoms with E-state index in [1.54, 1.807) is 7.05 Å². The lowest BCUT2D eigenvalue weighted by Crippen LogP contribution is -2.48. The maximum atomic E-state index is 12.1. The molecule has 6 heteroatoms. The number of esters is 1. The number of nitrogens with zero attached hydrogens (tertiary/aromatic N) is 2. The van der Waals surface area contributed by atoms with Crippen LogP contribution in [-0.2, 0) is 27.4 Å². The van der Waals surface area contributed by atoms with Crippen LogP contribution < -0.4 is 5.32 Å². The summed E-state index contributed by atoms with van der Waals surface area (Å²) in [7, 11) is 1.78. The van der Waals surface area contributed by atoms with Gasteiger partial charge in [-0.05, 0) is 51.7 Å². The van der Waals surface area contributed by atoms with Crippen molar-refractivity contribution in [3.63, 3.8) is 0 Å². The predicted molar refractivity (Wildman–Crippen MR) is 112 cm³/mol. The van der Waals surface area contributed by atoms with Gasteiger partial charge in [0.1, 0.15) is 0 Å². The highest BCUT2D eigenvalue weighted by molar-refractivity contribution is 5.81. The van der Waals surface area contributed by atoms with Gasteiger partial charge in [-0.3, -0.25) is 9.79 Å². The molecule has 2 rings (SSSR count). The van der Waals surface area contributed by atoms with E-state index in [-0.39, 0.29) is 17.5 Å². The fourth-order valence-corrected chi connectivity index (χ4v) is 3.26. The Morgan fingerprint density at radius 3 is 2.75 bits per heavy atom. The van der Waals surface area contributed by atoms with E-state index in [1.165, 1.54) is 5.56 Å². The number of aliphatic imine (C=N–C) groups is 1. The van der Waals surface area contributed by atoms with Crippen LogP contribution in [0.15, 0.2) is 29.3 Å². The number of likely N-dealkylation sites (tertiary alicyclic amines) is 1. The molecule has 0 aliphatic carbocycles. The van der Waals surface area contributed by atoms with Crippen LogP contribution >= 0.6 is 0 Å². The van der Waals surface area contributed by atoms with Gasteiger partial charge in [0.25, 0.3) is 0 Å². The van der Waals surface area contributed by atoms with Crippen LogP contribution in [0.25, 0.3) is 0 Å². The van der Waals surface area contributed by atoms with Gasteiger partial charge < -0.3 is 19.7 Å². The third-order valence-electron chi connectivity index (χ3n) is 4.67. The van der Waals surface area contributed by atoms with Crippen LogP contribution in [0.4, 0.5) is 0 Å². The van der Waals surface area contributed by atoms with Crippen LogP contribution in [0.1, 0.15) is 51.7 Å². The highest BCUT2D eigenvalue weighted by atomic mass is 16.5. The second-order valence-electron chi connectivity index (χ2n) is 8.16. The van der Waals surface area contributed by atoms with Gasteiger partial charge in [0, 0.05) is 26.7 Å². The number of carbonyl (C=O) groups excluding carboxylic acids is 1. The van der Waals surface area contributed by atoms with Crippen molar-refractivity contribution in [2.24, 2.45) is 10.9 Å². The van der Waals surface area contributed by atoms with Gasteiger partial charge in [0.05, 0.1) is 24.7 Å². The molecule has 1 N–H and O–H groups in total. The Kier molecular flexibility index (Phi) is 8.30. The number of nitrogens with one attached hydrogen (secondary N) is 1. The summed E-state index contributed by atoms with van der Waals surface area (Å²) in [6.45, 7) is 11.3. The Morgan fingerprint density at radius 2 is 2.07 bits per heavy atom. The first-order valence-corrected chi connectivity index (χ1v) is 10.2. The topological polar surface area (TPSA) is 63.2 Å². The molecule has 1 atom stereocenters. The van der Waals surface area contributed by atoms with Crippen molar-refractivity contribution in [1.82, 2.24) is 10.2 Å². The molecule has 0 aromatic heterocycles. The van der Waals surface area contributed by atoms with E-state index in [4.69, 9.17) is 9.47 Å². The highest BCUT2D eigenvalue weighted by Gasteiger charge is 2.28. The van der Waals surface area contributed by atoms with Crippen molar-refractivity contribution >= 4 is 11.9 Å². The van der Waals surface area contributed by atoms with Gasteiger partial charge in [0.2, 0.25) is 0 Å². The van der Waals surface area contributed by atoms with Crippen LogP contribution in [0.2, 0.25) is 0 Å². The third kappa shape index (κ3) is 7.15. The zero-order valence-electron chi connectivity index (χ0n) is 18.0. The van der Waals surface area contributed by atoms with Crippen molar-refractivity contribution in [1.29, 1.82) is 0 Å². The molecule has 1 aliphatic heterocycles. The number of rotatable bonds is 6. The lowest BCUT2D eigenvalue weighted by atomic mass is 9.98. The summed E-state index contributed by atoms with van der Waals surface area (Å²) in [5.74, 6) is 0.643. The largest absolute Gasteiger partial charge is 0.466 e. The van der Waals surface area contributed by atoms with E-state index in [9.17, 15) is 4.79 Å². The van der Waals surface area contributed by atoms with Crippen molar-refractivity contribution < 1.29 is 14.3 Å². The van der Waals surface area contributed by atoms with E-state index < -0.39 is 0 Å². The molecule has 156 valence electrons.